The van der Waals surface area contributed by atoms with Crippen LogP contribution in [-0.4, -0.2) is 26.7 Å². The Morgan fingerprint density at radius 2 is 1.61 bits per heavy atom. The quantitative estimate of drug-likeness (QED) is 0.641. The lowest BCUT2D eigenvalue weighted by atomic mass is 9.79. The average Bonchev–Trinajstić information content (AvgIpc) is 2.48. The molecule has 0 unspecified atom stereocenters. The standard InChI is InChI=1S/C12H17BO4S/c1-11(2)12(3,4)17-13(16-11)9-6-5-7-10(8-9)18(14)15/h5-8,18H,1-4H3. The van der Waals surface area contributed by atoms with Crippen molar-refractivity contribution >= 4 is 23.3 Å². The Bertz CT molecular complexity index is 513. The largest absolute Gasteiger partial charge is 0.494 e. The van der Waals surface area contributed by atoms with Crippen molar-refractivity contribution in [1.82, 2.24) is 0 Å². The van der Waals surface area contributed by atoms with E-state index >= 15 is 0 Å². The van der Waals surface area contributed by atoms with Crippen LogP contribution in [0.15, 0.2) is 29.2 Å². The lowest BCUT2D eigenvalue weighted by Crippen LogP contribution is -2.41. The first-order valence-corrected chi connectivity index (χ1v) is 7.01. The van der Waals surface area contributed by atoms with Gasteiger partial charge in [0.25, 0.3) is 0 Å². The molecule has 1 aliphatic rings. The second-order valence-corrected chi connectivity index (χ2v) is 6.47. The Labute approximate surface area is 109 Å². The van der Waals surface area contributed by atoms with Crippen LogP contribution in [0, 0.1) is 0 Å². The highest BCUT2D eigenvalue weighted by atomic mass is 32.2. The third kappa shape index (κ3) is 2.32. The zero-order valence-electron chi connectivity index (χ0n) is 11.0. The molecule has 1 fully saturated rings. The fraction of sp³-hybridized carbons (Fsp3) is 0.500. The van der Waals surface area contributed by atoms with Crippen LogP contribution in [0.25, 0.3) is 0 Å². The van der Waals surface area contributed by atoms with Crippen molar-refractivity contribution in [1.29, 1.82) is 0 Å². The molecule has 1 aromatic rings. The Kier molecular flexibility index (Phi) is 3.29. The molecular weight excluding hydrogens is 251 g/mol. The highest BCUT2D eigenvalue weighted by Gasteiger charge is 2.51. The molecule has 1 aromatic carbocycles. The van der Waals surface area contributed by atoms with Crippen LogP contribution in [0.5, 0.6) is 0 Å². The number of benzene rings is 1. The Morgan fingerprint density at radius 3 is 2.11 bits per heavy atom. The van der Waals surface area contributed by atoms with Crippen LogP contribution in [0.1, 0.15) is 27.7 Å². The Morgan fingerprint density at radius 1 is 1.06 bits per heavy atom. The van der Waals surface area contributed by atoms with E-state index in [0.717, 1.165) is 5.46 Å². The van der Waals surface area contributed by atoms with Gasteiger partial charge >= 0.3 is 7.12 Å². The predicted octanol–water partition coefficient (Wildman–Crippen LogP) is 0.956. The normalized spacial score (nSPS) is 21.5. The van der Waals surface area contributed by atoms with Crippen LogP contribution in [0.4, 0.5) is 0 Å². The third-order valence-corrected chi connectivity index (χ3v) is 4.31. The fourth-order valence-corrected chi connectivity index (χ4v) is 2.23. The van der Waals surface area contributed by atoms with Gasteiger partial charge in [-0.25, -0.2) is 8.42 Å². The first kappa shape index (κ1) is 13.6. The lowest BCUT2D eigenvalue weighted by Gasteiger charge is -2.32. The number of hydrogen-bond donors (Lipinski definition) is 1. The summed E-state index contributed by atoms with van der Waals surface area (Å²) in [4.78, 5) is 0.275. The monoisotopic (exact) mass is 268 g/mol. The summed E-state index contributed by atoms with van der Waals surface area (Å²) in [6.07, 6.45) is 0. The Hall–Kier alpha value is -0.845. The zero-order chi connectivity index (χ0) is 13.6. The van der Waals surface area contributed by atoms with Crippen molar-refractivity contribution in [2.75, 3.05) is 0 Å². The van der Waals surface area contributed by atoms with Gasteiger partial charge < -0.3 is 9.31 Å². The molecule has 0 N–H and O–H groups in total. The van der Waals surface area contributed by atoms with E-state index in [1.54, 1.807) is 18.2 Å². The predicted molar refractivity (Wildman–Crippen MR) is 70.7 cm³/mol. The molecule has 18 heavy (non-hydrogen) atoms. The summed E-state index contributed by atoms with van der Waals surface area (Å²) in [6.45, 7) is 7.85. The maximum absolute atomic E-state index is 11.0. The molecule has 0 spiro atoms. The van der Waals surface area contributed by atoms with Crippen molar-refractivity contribution in [3.63, 3.8) is 0 Å². The topological polar surface area (TPSA) is 52.6 Å². The summed E-state index contributed by atoms with van der Waals surface area (Å²) in [7, 11) is -3.11. The van der Waals surface area contributed by atoms with E-state index in [0.29, 0.717) is 0 Å². The second kappa shape index (κ2) is 4.37. The van der Waals surface area contributed by atoms with Crippen LogP contribution in [-0.2, 0) is 20.0 Å². The summed E-state index contributed by atoms with van der Waals surface area (Å²) >= 11 is 0. The highest BCUT2D eigenvalue weighted by molar-refractivity contribution is 7.72. The molecule has 2 rings (SSSR count). The fourth-order valence-electron chi connectivity index (χ4n) is 1.76. The highest BCUT2D eigenvalue weighted by Crippen LogP contribution is 2.36. The summed E-state index contributed by atoms with van der Waals surface area (Å²) in [5, 5.41) is 0. The van der Waals surface area contributed by atoms with Crippen LogP contribution in [0.3, 0.4) is 0 Å². The molecule has 0 radical (unpaired) electrons. The van der Waals surface area contributed by atoms with Gasteiger partial charge in [-0.3, -0.25) is 0 Å². The van der Waals surface area contributed by atoms with E-state index in [1.807, 2.05) is 33.8 Å². The molecule has 0 bridgehead atoms. The lowest BCUT2D eigenvalue weighted by molar-refractivity contribution is 0.00578. The zero-order valence-corrected chi connectivity index (χ0v) is 11.9. The molecule has 98 valence electrons. The van der Waals surface area contributed by atoms with Gasteiger partial charge in [0.15, 0.2) is 10.7 Å². The smallest absolute Gasteiger partial charge is 0.399 e. The average molecular weight is 268 g/mol. The van der Waals surface area contributed by atoms with Gasteiger partial charge in [-0.2, -0.15) is 0 Å². The molecular formula is C12H17BO4S. The maximum Gasteiger partial charge on any atom is 0.494 e. The van der Waals surface area contributed by atoms with Crippen LogP contribution < -0.4 is 5.46 Å². The molecule has 0 atom stereocenters. The van der Waals surface area contributed by atoms with Gasteiger partial charge in [-0.1, -0.05) is 12.1 Å². The molecule has 1 aliphatic heterocycles. The van der Waals surface area contributed by atoms with Crippen LogP contribution >= 0.6 is 0 Å². The van der Waals surface area contributed by atoms with Crippen molar-refractivity contribution in [2.45, 2.75) is 43.8 Å². The minimum atomic E-state index is -2.58. The third-order valence-electron chi connectivity index (χ3n) is 3.61. The molecule has 4 nitrogen and oxygen atoms in total. The van der Waals surface area contributed by atoms with E-state index in [1.165, 1.54) is 0 Å². The van der Waals surface area contributed by atoms with E-state index in [9.17, 15) is 8.42 Å². The van der Waals surface area contributed by atoms with E-state index in [4.69, 9.17) is 9.31 Å². The minimum absolute atomic E-state index is 0.275. The summed E-state index contributed by atoms with van der Waals surface area (Å²) in [5.74, 6) is 0. The maximum atomic E-state index is 11.0. The molecule has 1 heterocycles. The van der Waals surface area contributed by atoms with Crippen molar-refractivity contribution < 1.29 is 17.7 Å². The summed E-state index contributed by atoms with van der Waals surface area (Å²) in [5.41, 5.74) is -0.119. The Balaban J connectivity index is 2.32. The number of thiol groups is 1. The first-order chi connectivity index (χ1) is 8.23. The van der Waals surface area contributed by atoms with Crippen molar-refractivity contribution in [2.24, 2.45) is 0 Å². The van der Waals surface area contributed by atoms with Gasteiger partial charge in [-0.15, -0.1) is 0 Å². The molecule has 6 heteroatoms. The minimum Gasteiger partial charge on any atom is -0.399 e. The SMILES string of the molecule is CC1(C)OB(c2cccc([SH](=O)=O)c2)OC1(C)C. The van der Waals surface area contributed by atoms with E-state index < -0.39 is 29.0 Å². The summed E-state index contributed by atoms with van der Waals surface area (Å²) in [6, 6.07) is 6.65. The molecule has 0 aliphatic carbocycles. The van der Waals surface area contributed by atoms with E-state index in [-0.39, 0.29) is 4.90 Å². The second-order valence-electron chi connectivity index (χ2n) is 5.44. The molecule has 0 saturated carbocycles. The van der Waals surface area contributed by atoms with Crippen molar-refractivity contribution in [3.05, 3.63) is 24.3 Å². The first-order valence-electron chi connectivity index (χ1n) is 5.83. The van der Waals surface area contributed by atoms with Crippen molar-refractivity contribution in [3.8, 4) is 0 Å². The number of rotatable bonds is 2. The van der Waals surface area contributed by atoms with E-state index in [2.05, 4.69) is 0 Å². The molecule has 0 amide bonds. The molecule has 0 aromatic heterocycles. The summed E-state index contributed by atoms with van der Waals surface area (Å²) < 4.78 is 33.7. The van der Waals surface area contributed by atoms with Crippen LogP contribution in [0.2, 0.25) is 0 Å². The molecule has 1 saturated heterocycles. The van der Waals surface area contributed by atoms with Gasteiger partial charge in [0.2, 0.25) is 0 Å². The number of hydrogen-bond acceptors (Lipinski definition) is 4. The van der Waals surface area contributed by atoms with Gasteiger partial charge in [-0.05, 0) is 45.3 Å². The van der Waals surface area contributed by atoms with Gasteiger partial charge in [0.05, 0.1) is 16.1 Å². The van der Waals surface area contributed by atoms with Gasteiger partial charge in [0.1, 0.15) is 0 Å². The van der Waals surface area contributed by atoms with Gasteiger partial charge in [0, 0.05) is 0 Å².